The highest BCUT2D eigenvalue weighted by atomic mass is 16.2. The summed E-state index contributed by atoms with van der Waals surface area (Å²) in [6, 6.07) is 4.62. The molecule has 1 unspecified atom stereocenters. The molecule has 0 heterocycles. The number of likely N-dealkylation sites (N-methyl/N-ethyl adjacent to an activating group) is 1. The maximum atomic E-state index is 12.1. The highest BCUT2D eigenvalue weighted by Gasteiger charge is 2.25. The van der Waals surface area contributed by atoms with Crippen molar-refractivity contribution in [2.45, 2.75) is 26.8 Å². The van der Waals surface area contributed by atoms with Gasteiger partial charge in [0.25, 0.3) is 11.8 Å². The van der Waals surface area contributed by atoms with Gasteiger partial charge in [-0.05, 0) is 38.0 Å². The molecule has 0 aliphatic rings. The molecule has 126 valence electrons. The Bertz CT molecular complexity index is 601. The molecule has 0 fully saturated rings. The van der Waals surface area contributed by atoms with Gasteiger partial charge in [-0.25, -0.2) is 4.79 Å². The first kappa shape index (κ1) is 18.6. The first-order valence-electron chi connectivity index (χ1n) is 7.47. The normalized spacial score (nSPS) is 12.9. The van der Waals surface area contributed by atoms with Gasteiger partial charge in [-0.1, -0.05) is 12.1 Å². The van der Waals surface area contributed by atoms with E-state index >= 15 is 0 Å². The molecule has 7 nitrogen and oxygen atoms in total. The van der Waals surface area contributed by atoms with Crippen molar-refractivity contribution in [3.63, 3.8) is 0 Å². The maximum Gasteiger partial charge on any atom is 0.321 e. The molecule has 0 radical (unpaired) electrons. The molecule has 0 saturated carbocycles. The summed E-state index contributed by atoms with van der Waals surface area (Å²) in [5.74, 6) is -0.614. The van der Waals surface area contributed by atoms with Gasteiger partial charge in [0.15, 0.2) is 12.6 Å². The molecular weight excluding hydrogens is 296 g/mol. The number of hydrogen-bond donors (Lipinski definition) is 4. The van der Waals surface area contributed by atoms with Crippen LogP contribution in [0.4, 0.5) is 10.5 Å². The van der Waals surface area contributed by atoms with Gasteiger partial charge in [0, 0.05) is 12.7 Å². The van der Waals surface area contributed by atoms with Crippen LogP contribution in [0.2, 0.25) is 0 Å². The van der Waals surface area contributed by atoms with E-state index in [1.165, 1.54) is 7.05 Å². The summed E-state index contributed by atoms with van der Waals surface area (Å²) in [6.07, 6.45) is 0. The zero-order valence-corrected chi connectivity index (χ0v) is 14.2. The summed E-state index contributed by atoms with van der Waals surface area (Å²) in [6.45, 7) is 5.71. The fourth-order valence-corrected chi connectivity index (χ4v) is 1.99. The molecule has 2 atom stereocenters. The van der Waals surface area contributed by atoms with E-state index in [0.29, 0.717) is 4.90 Å². The number of quaternary nitrogens is 1. The van der Waals surface area contributed by atoms with E-state index in [1.54, 1.807) is 14.0 Å². The molecule has 0 aromatic heterocycles. The number of anilines is 1. The topological polar surface area (TPSA) is 91.7 Å². The number of aryl methyl sites for hydroxylation is 1. The predicted octanol–water partition coefficient (Wildman–Crippen LogP) is -0.399. The minimum absolute atomic E-state index is 0.121. The van der Waals surface area contributed by atoms with Crippen LogP contribution in [0, 0.1) is 13.8 Å². The Morgan fingerprint density at radius 2 is 1.87 bits per heavy atom. The van der Waals surface area contributed by atoms with Crippen LogP contribution < -0.4 is 20.9 Å². The van der Waals surface area contributed by atoms with Crippen molar-refractivity contribution in [2.24, 2.45) is 0 Å². The van der Waals surface area contributed by atoms with Crippen molar-refractivity contribution in [3.8, 4) is 0 Å². The average Bonchev–Trinajstić information content (AvgIpc) is 2.50. The second-order valence-electron chi connectivity index (χ2n) is 5.61. The molecule has 0 spiro atoms. The predicted molar refractivity (Wildman–Crippen MR) is 88.4 cm³/mol. The maximum absolute atomic E-state index is 12.1. The average molecular weight is 321 g/mol. The molecule has 0 bridgehead atoms. The third-order valence-electron chi connectivity index (χ3n) is 3.91. The van der Waals surface area contributed by atoms with Crippen LogP contribution >= 0.6 is 0 Å². The summed E-state index contributed by atoms with van der Waals surface area (Å²) < 4.78 is 0. The first-order valence-corrected chi connectivity index (χ1v) is 7.47. The molecule has 23 heavy (non-hydrogen) atoms. The molecule has 1 aromatic carbocycles. The zero-order valence-electron chi connectivity index (χ0n) is 14.2. The number of urea groups is 1. The summed E-state index contributed by atoms with van der Waals surface area (Å²) in [5.41, 5.74) is 2.89. The largest absolute Gasteiger partial charge is 0.341 e. The molecule has 1 rings (SSSR count). The Kier molecular flexibility index (Phi) is 6.71. The summed E-state index contributed by atoms with van der Waals surface area (Å²) in [4.78, 5) is 35.9. The van der Waals surface area contributed by atoms with E-state index in [9.17, 15) is 14.4 Å². The van der Waals surface area contributed by atoms with Gasteiger partial charge in [-0.3, -0.25) is 14.9 Å². The first-order chi connectivity index (χ1) is 10.8. The number of amides is 4. The molecule has 0 aliphatic heterocycles. The molecule has 0 saturated heterocycles. The lowest BCUT2D eigenvalue weighted by Crippen LogP contribution is -3.15. The highest BCUT2D eigenvalue weighted by Crippen LogP contribution is 2.17. The van der Waals surface area contributed by atoms with E-state index < -0.39 is 18.0 Å². The van der Waals surface area contributed by atoms with Crippen LogP contribution in [0.3, 0.4) is 0 Å². The molecule has 4 N–H and O–H groups in total. The number of nitrogens with one attached hydrogen (secondary N) is 4. The van der Waals surface area contributed by atoms with Crippen LogP contribution in [0.25, 0.3) is 0 Å². The minimum Gasteiger partial charge on any atom is -0.341 e. The van der Waals surface area contributed by atoms with E-state index in [1.807, 2.05) is 32.0 Å². The molecule has 0 aliphatic carbocycles. The van der Waals surface area contributed by atoms with Crippen molar-refractivity contribution < 1.29 is 19.3 Å². The third kappa shape index (κ3) is 5.37. The summed E-state index contributed by atoms with van der Waals surface area (Å²) in [5, 5.41) is 7.38. The monoisotopic (exact) mass is 321 g/mol. The van der Waals surface area contributed by atoms with Crippen molar-refractivity contribution in [3.05, 3.63) is 29.3 Å². The SMILES string of the molecule is CNC(=O)NC(=O)[C@@H](C)[NH+](C)CC(=O)Nc1cccc(C)c1C. The summed E-state index contributed by atoms with van der Waals surface area (Å²) in [7, 11) is 3.16. The number of benzene rings is 1. The Labute approximate surface area is 136 Å². The quantitative estimate of drug-likeness (QED) is 0.595. The van der Waals surface area contributed by atoms with Crippen LogP contribution in [0.1, 0.15) is 18.1 Å². The molecule has 4 amide bonds. The fourth-order valence-electron chi connectivity index (χ4n) is 1.99. The number of carbonyl (C=O) groups excluding carboxylic acids is 3. The van der Waals surface area contributed by atoms with Crippen LogP contribution in [-0.4, -0.2) is 44.5 Å². The van der Waals surface area contributed by atoms with Gasteiger partial charge in [0.2, 0.25) is 0 Å². The Morgan fingerprint density at radius 1 is 1.22 bits per heavy atom. The lowest BCUT2D eigenvalue weighted by molar-refractivity contribution is -0.885. The summed E-state index contributed by atoms with van der Waals surface area (Å²) >= 11 is 0. The van der Waals surface area contributed by atoms with Gasteiger partial charge in [0.05, 0.1) is 7.05 Å². The Balaban J connectivity index is 2.61. The Morgan fingerprint density at radius 3 is 2.48 bits per heavy atom. The van der Waals surface area contributed by atoms with Crippen LogP contribution in [0.15, 0.2) is 18.2 Å². The number of hydrogen-bond acceptors (Lipinski definition) is 3. The lowest BCUT2D eigenvalue weighted by atomic mass is 10.1. The minimum atomic E-state index is -0.561. The van der Waals surface area contributed by atoms with Crippen molar-refractivity contribution >= 4 is 23.5 Å². The van der Waals surface area contributed by atoms with Crippen molar-refractivity contribution in [2.75, 3.05) is 26.0 Å². The van der Waals surface area contributed by atoms with E-state index in [-0.39, 0.29) is 12.5 Å². The lowest BCUT2D eigenvalue weighted by Gasteiger charge is -2.20. The zero-order chi connectivity index (χ0) is 17.6. The van der Waals surface area contributed by atoms with E-state index in [2.05, 4.69) is 16.0 Å². The number of imide groups is 1. The van der Waals surface area contributed by atoms with Gasteiger partial charge in [-0.2, -0.15) is 0 Å². The van der Waals surface area contributed by atoms with Crippen molar-refractivity contribution in [1.82, 2.24) is 10.6 Å². The fraction of sp³-hybridized carbons (Fsp3) is 0.438. The highest BCUT2D eigenvalue weighted by molar-refractivity contribution is 5.96. The smallest absolute Gasteiger partial charge is 0.321 e. The van der Waals surface area contributed by atoms with Gasteiger partial charge in [-0.15, -0.1) is 0 Å². The second kappa shape index (κ2) is 8.28. The molecule has 7 heteroatoms. The van der Waals surface area contributed by atoms with Crippen molar-refractivity contribution in [1.29, 1.82) is 0 Å². The third-order valence-corrected chi connectivity index (χ3v) is 3.91. The standard InChI is InChI=1S/C16H24N4O3/c1-10-7-6-8-13(11(10)2)18-14(21)9-20(5)12(3)15(22)19-16(23)17-4/h6-8,12H,9H2,1-5H3,(H,18,21)(H2,17,19,22,23)/p+1/t12-/m1/s1. The van der Waals surface area contributed by atoms with E-state index in [0.717, 1.165) is 16.8 Å². The van der Waals surface area contributed by atoms with Gasteiger partial charge >= 0.3 is 6.03 Å². The van der Waals surface area contributed by atoms with Crippen LogP contribution in [-0.2, 0) is 9.59 Å². The van der Waals surface area contributed by atoms with E-state index in [4.69, 9.17) is 0 Å². The number of carbonyl (C=O) groups is 3. The Hall–Kier alpha value is -2.41. The van der Waals surface area contributed by atoms with Crippen LogP contribution in [0.5, 0.6) is 0 Å². The van der Waals surface area contributed by atoms with Gasteiger partial charge < -0.3 is 15.5 Å². The molecular formula is C16H25N4O3+. The number of rotatable bonds is 5. The second-order valence-corrected chi connectivity index (χ2v) is 5.61. The van der Waals surface area contributed by atoms with Gasteiger partial charge in [0.1, 0.15) is 0 Å². The molecule has 1 aromatic rings.